The van der Waals surface area contributed by atoms with E-state index in [1.54, 1.807) is 4.68 Å². The molecule has 1 N–H and O–H groups in total. The summed E-state index contributed by atoms with van der Waals surface area (Å²) in [6.07, 6.45) is 0.571. The maximum absolute atomic E-state index is 8.74. The summed E-state index contributed by atoms with van der Waals surface area (Å²) in [7, 11) is 0. The van der Waals surface area contributed by atoms with Crippen molar-refractivity contribution >= 4 is 0 Å². The molecule has 0 unspecified atom stereocenters. The minimum Gasteiger partial charge on any atom is -0.396 e. The van der Waals surface area contributed by atoms with Crippen LogP contribution in [-0.4, -0.2) is 26.7 Å². The highest BCUT2D eigenvalue weighted by atomic mass is 16.3. The summed E-state index contributed by atoms with van der Waals surface area (Å²) in [6.45, 7) is 8.53. The summed E-state index contributed by atoms with van der Waals surface area (Å²) in [5.41, 5.74) is 2.92. The van der Waals surface area contributed by atoms with Crippen molar-refractivity contribution < 1.29 is 5.11 Å². The second-order valence-corrected chi connectivity index (χ2v) is 3.21. The van der Waals surface area contributed by atoms with Gasteiger partial charge in [0.05, 0.1) is 17.9 Å². The maximum atomic E-state index is 8.74. The van der Waals surface area contributed by atoms with E-state index in [1.807, 2.05) is 13.8 Å². The molecule has 0 bridgehead atoms. The molecule has 0 aliphatic carbocycles. The third-order valence-electron chi connectivity index (χ3n) is 1.85. The fourth-order valence-electron chi connectivity index (χ4n) is 1.14. The van der Waals surface area contributed by atoms with Crippen LogP contribution in [0.25, 0.3) is 0 Å². The van der Waals surface area contributed by atoms with Crippen molar-refractivity contribution in [3.05, 3.63) is 23.5 Å². The zero-order chi connectivity index (χ0) is 9.84. The van der Waals surface area contributed by atoms with Crippen LogP contribution in [0.15, 0.2) is 12.2 Å². The highest BCUT2D eigenvalue weighted by Gasteiger charge is 2.06. The fourth-order valence-corrected chi connectivity index (χ4v) is 1.14. The van der Waals surface area contributed by atoms with Gasteiger partial charge < -0.3 is 5.11 Å². The molecule has 13 heavy (non-hydrogen) atoms. The zero-order valence-corrected chi connectivity index (χ0v) is 8.12. The Morgan fingerprint density at radius 3 is 2.85 bits per heavy atom. The molecule has 1 heterocycles. The van der Waals surface area contributed by atoms with E-state index in [2.05, 4.69) is 16.9 Å². The summed E-state index contributed by atoms with van der Waals surface area (Å²) >= 11 is 0. The van der Waals surface area contributed by atoms with Crippen molar-refractivity contribution in [3.63, 3.8) is 0 Å². The van der Waals surface area contributed by atoms with Crippen LogP contribution >= 0.6 is 0 Å². The summed E-state index contributed by atoms with van der Waals surface area (Å²) in [5, 5.41) is 16.7. The van der Waals surface area contributed by atoms with Gasteiger partial charge in [0, 0.05) is 13.0 Å². The fraction of sp³-hybridized carbons (Fsp3) is 0.556. The third kappa shape index (κ3) is 2.39. The average molecular weight is 181 g/mol. The minimum absolute atomic E-state index is 0.118. The molecular formula is C9H15N3O. The van der Waals surface area contributed by atoms with Crippen LogP contribution in [0.4, 0.5) is 0 Å². The molecular weight excluding hydrogens is 166 g/mol. The molecule has 0 aromatic carbocycles. The monoisotopic (exact) mass is 181 g/mol. The quantitative estimate of drug-likeness (QED) is 0.695. The SMILES string of the molecule is C=C(C)Cn1nnc(CCO)c1C. The van der Waals surface area contributed by atoms with Gasteiger partial charge in [0.15, 0.2) is 0 Å². The molecule has 1 aromatic rings. The molecule has 72 valence electrons. The van der Waals surface area contributed by atoms with Gasteiger partial charge in [0.2, 0.25) is 0 Å². The van der Waals surface area contributed by atoms with Gasteiger partial charge in [-0.05, 0) is 13.8 Å². The molecule has 0 aliphatic rings. The number of nitrogens with zero attached hydrogens (tertiary/aromatic N) is 3. The third-order valence-corrected chi connectivity index (χ3v) is 1.85. The molecule has 0 amide bonds. The number of hydrogen-bond donors (Lipinski definition) is 1. The average Bonchev–Trinajstić information content (AvgIpc) is 2.36. The lowest BCUT2D eigenvalue weighted by Gasteiger charge is -2.01. The Balaban J connectivity index is 2.79. The number of aromatic nitrogens is 3. The molecule has 4 heteroatoms. The van der Waals surface area contributed by atoms with Crippen LogP contribution in [0.5, 0.6) is 0 Å². The first kappa shape index (κ1) is 9.92. The van der Waals surface area contributed by atoms with E-state index < -0.39 is 0 Å². The Bertz CT molecular complexity index is 304. The Labute approximate surface area is 77.9 Å². The van der Waals surface area contributed by atoms with Crippen molar-refractivity contribution in [3.8, 4) is 0 Å². The zero-order valence-electron chi connectivity index (χ0n) is 8.12. The first-order chi connectivity index (χ1) is 6.15. The Hall–Kier alpha value is -1.16. The summed E-state index contributed by atoms with van der Waals surface area (Å²) in [5.74, 6) is 0. The normalized spacial score (nSPS) is 10.4. The number of aliphatic hydroxyl groups is 1. The predicted octanol–water partition coefficient (Wildman–Crippen LogP) is 0.697. The molecule has 4 nitrogen and oxygen atoms in total. The molecule has 0 aliphatic heterocycles. The van der Waals surface area contributed by atoms with Crippen molar-refractivity contribution in [1.29, 1.82) is 0 Å². The topological polar surface area (TPSA) is 50.9 Å². The minimum atomic E-state index is 0.118. The Kier molecular flexibility index (Phi) is 3.19. The second kappa shape index (κ2) is 4.18. The van der Waals surface area contributed by atoms with Crippen LogP contribution in [0.1, 0.15) is 18.3 Å². The molecule has 0 fully saturated rings. The molecule has 0 atom stereocenters. The van der Waals surface area contributed by atoms with Crippen LogP contribution in [0, 0.1) is 6.92 Å². The van der Waals surface area contributed by atoms with E-state index >= 15 is 0 Å². The summed E-state index contributed by atoms with van der Waals surface area (Å²) < 4.78 is 1.80. The first-order valence-corrected chi connectivity index (χ1v) is 4.29. The van der Waals surface area contributed by atoms with Crippen LogP contribution < -0.4 is 0 Å². The van der Waals surface area contributed by atoms with Gasteiger partial charge in [-0.3, -0.25) is 0 Å². The lowest BCUT2D eigenvalue weighted by molar-refractivity contribution is 0.298. The van der Waals surface area contributed by atoms with E-state index in [-0.39, 0.29) is 6.61 Å². The lowest BCUT2D eigenvalue weighted by Crippen LogP contribution is -2.03. The standard InChI is InChI=1S/C9H15N3O/c1-7(2)6-12-8(3)9(4-5-13)10-11-12/h13H,1,4-6H2,2-3H3. The predicted molar refractivity (Wildman–Crippen MR) is 50.4 cm³/mol. The number of hydrogen-bond acceptors (Lipinski definition) is 3. The molecule has 0 saturated carbocycles. The Morgan fingerprint density at radius 2 is 2.31 bits per heavy atom. The number of allylic oxidation sites excluding steroid dienone is 1. The highest BCUT2D eigenvalue weighted by Crippen LogP contribution is 2.05. The number of aliphatic hydroxyl groups excluding tert-OH is 1. The van der Waals surface area contributed by atoms with Gasteiger partial charge >= 0.3 is 0 Å². The maximum Gasteiger partial charge on any atom is 0.0879 e. The van der Waals surface area contributed by atoms with Gasteiger partial charge in [-0.1, -0.05) is 17.4 Å². The van der Waals surface area contributed by atoms with E-state index in [1.165, 1.54) is 0 Å². The number of rotatable bonds is 4. The van der Waals surface area contributed by atoms with E-state index in [4.69, 9.17) is 5.11 Å². The molecule has 1 rings (SSSR count). The molecule has 0 spiro atoms. The highest BCUT2D eigenvalue weighted by molar-refractivity contribution is 5.09. The van der Waals surface area contributed by atoms with E-state index in [0.29, 0.717) is 13.0 Å². The van der Waals surface area contributed by atoms with E-state index in [0.717, 1.165) is 17.0 Å². The van der Waals surface area contributed by atoms with Crippen molar-refractivity contribution in [2.75, 3.05) is 6.61 Å². The van der Waals surface area contributed by atoms with Gasteiger partial charge in [0.1, 0.15) is 0 Å². The van der Waals surface area contributed by atoms with Crippen molar-refractivity contribution in [2.45, 2.75) is 26.8 Å². The van der Waals surface area contributed by atoms with Gasteiger partial charge in [-0.15, -0.1) is 5.10 Å². The molecule has 0 radical (unpaired) electrons. The van der Waals surface area contributed by atoms with Gasteiger partial charge in [-0.25, -0.2) is 4.68 Å². The van der Waals surface area contributed by atoms with Crippen LogP contribution in [0.3, 0.4) is 0 Å². The second-order valence-electron chi connectivity index (χ2n) is 3.21. The van der Waals surface area contributed by atoms with Crippen molar-refractivity contribution in [1.82, 2.24) is 15.0 Å². The van der Waals surface area contributed by atoms with Crippen LogP contribution in [-0.2, 0) is 13.0 Å². The first-order valence-electron chi connectivity index (χ1n) is 4.29. The van der Waals surface area contributed by atoms with Gasteiger partial charge in [0.25, 0.3) is 0 Å². The van der Waals surface area contributed by atoms with Crippen molar-refractivity contribution in [2.24, 2.45) is 0 Å². The van der Waals surface area contributed by atoms with Gasteiger partial charge in [-0.2, -0.15) is 0 Å². The molecule has 1 aromatic heterocycles. The lowest BCUT2D eigenvalue weighted by atomic mass is 10.2. The summed E-state index contributed by atoms with van der Waals surface area (Å²) in [4.78, 5) is 0. The summed E-state index contributed by atoms with van der Waals surface area (Å²) in [6, 6.07) is 0. The Morgan fingerprint density at radius 1 is 1.62 bits per heavy atom. The van der Waals surface area contributed by atoms with Crippen LogP contribution in [0.2, 0.25) is 0 Å². The largest absolute Gasteiger partial charge is 0.396 e. The van der Waals surface area contributed by atoms with E-state index in [9.17, 15) is 0 Å². The molecule has 0 saturated heterocycles. The smallest absolute Gasteiger partial charge is 0.0879 e.